The topological polar surface area (TPSA) is 91.2 Å². The molecular weight excluding hydrogens is 210 g/mol. The van der Waals surface area contributed by atoms with Crippen molar-refractivity contribution < 1.29 is 24.8 Å². The molecule has 0 aromatic heterocycles. The van der Waals surface area contributed by atoms with Crippen LogP contribution in [0.4, 0.5) is 0 Å². The number of aliphatic hydroxyl groups is 3. The first kappa shape index (κ1) is 10.1. The molecule has 0 aromatic rings. The summed E-state index contributed by atoms with van der Waals surface area (Å²) in [5, 5.41) is 30.8. The van der Waals surface area contributed by atoms with E-state index in [-0.39, 0.29) is 18.4 Å². The highest BCUT2D eigenvalue weighted by atomic mass is 32.1. The number of hydrogen-bond donors (Lipinski definition) is 4. The highest BCUT2D eigenvalue weighted by molar-refractivity contribution is 7.80. The van der Waals surface area contributed by atoms with Gasteiger partial charge in [-0.2, -0.15) is 0 Å². The van der Waals surface area contributed by atoms with Gasteiger partial charge in [-0.05, 0) is 12.2 Å². The summed E-state index contributed by atoms with van der Waals surface area (Å²) in [6, 6.07) is 0. The Morgan fingerprint density at radius 3 is 2.93 bits per heavy atom. The second-order valence-electron chi connectivity index (χ2n) is 3.37. The number of hydrogen-bond acceptors (Lipinski definition) is 6. The normalized spacial score (nSPS) is 46.8. The largest absolute Gasteiger partial charge is 0.460 e. The molecule has 2 rings (SSSR count). The van der Waals surface area contributed by atoms with Crippen LogP contribution in [0, 0.1) is 0 Å². The Morgan fingerprint density at radius 2 is 2.29 bits per heavy atom. The molecule has 0 bridgehead atoms. The molecule has 4 N–H and O–H groups in total. The van der Waals surface area contributed by atoms with Crippen molar-refractivity contribution in [1.82, 2.24) is 5.32 Å². The van der Waals surface area contributed by atoms with Crippen LogP contribution >= 0.6 is 12.2 Å². The van der Waals surface area contributed by atoms with Crippen molar-refractivity contribution in [3.63, 3.8) is 0 Å². The second-order valence-corrected chi connectivity index (χ2v) is 3.74. The Bertz CT molecular complexity index is 262. The first-order valence-corrected chi connectivity index (χ1v) is 4.59. The van der Waals surface area contributed by atoms with Gasteiger partial charge in [-0.1, -0.05) is 0 Å². The Balaban J connectivity index is 2.25. The van der Waals surface area contributed by atoms with Crippen molar-refractivity contribution in [3.8, 4) is 0 Å². The van der Waals surface area contributed by atoms with Crippen LogP contribution < -0.4 is 5.32 Å². The van der Waals surface area contributed by atoms with E-state index in [1.807, 2.05) is 0 Å². The van der Waals surface area contributed by atoms with Crippen LogP contribution in [-0.2, 0) is 9.47 Å². The maximum absolute atomic E-state index is 9.60. The zero-order valence-corrected chi connectivity index (χ0v) is 8.03. The van der Waals surface area contributed by atoms with E-state index in [9.17, 15) is 10.2 Å². The van der Waals surface area contributed by atoms with E-state index in [1.54, 1.807) is 0 Å². The van der Waals surface area contributed by atoms with Gasteiger partial charge in [0.05, 0.1) is 13.2 Å². The summed E-state index contributed by atoms with van der Waals surface area (Å²) in [4.78, 5) is 0. The molecule has 0 radical (unpaired) electrons. The summed E-state index contributed by atoms with van der Waals surface area (Å²) in [7, 11) is 0. The second kappa shape index (κ2) is 3.28. The molecule has 7 heteroatoms. The van der Waals surface area contributed by atoms with Gasteiger partial charge in [0.15, 0.2) is 6.10 Å². The third-order valence-electron chi connectivity index (χ3n) is 2.46. The lowest BCUT2D eigenvalue weighted by atomic mass is 9.96. The summed E-state index contributed by atoms with van der Waals surface area (Å²) in [5.74, 6) is 0. The zero-order valence-electron chi connectivity index (χ0n) is 7.21. The molecule has 14 heavy (non-hydrogen) atoms. The van der Waals surface area contributed by atoms with Gasteiger partial charge in [0.25, 0.3) is 5.17 Å². The Morgan fingerprint density at radius 1 is 1.57 bits per heavy atom. The molecule has 80 valence electrons. The number of rotatable bonds is 1. The molecule has 0 saturated carbocycles. The highest BCUT2D eigenvalue weighted by Crippen LogP contribution is 2.30. The highest BCUT2D eigenvalue weighted by Gasteiger charge is 2.56. The van der Waals surface area contributed by atoms with Crippen LogP contribution in [0.5, 0.6) is 0 Å². The van der Waals surface area contributed by atoms with Crippen molar-refractivity contribution in [2.75, 3.05) is 13.2 Å². The van der Waals surface area contributed by atoms with Crippen LogP contribution in [0.25, 0.3) is 0 Å². The first-order valence-electron chi connectivity index (χ1n) is 4.19. The summed E-state index contributed by atoms with van der Waals surface area (Å²) in [6.07, 6.45) is -3.02. The number of aliphatic hydroxyl groups excluding tert-OH is 3. The fourth-order valence-electron chi connectivity index (χ4n) is 1.66. The van der Waals surface area contributed by atoms with Gasteiger partial charge in [-0.15, -0.1) is 0 Å². The van der Waals surface area contributed by atoms with Crippen LogP contribution in [0.2, 0.25) is 0 Å². The van der Waals surface area contributed by atoms with Gasteiger partial charge in [-0.25, -0.2) is 0 Å². The fraction of sp³-hybridized carbons (Fsp3) is 0.857. The molecule has 2 aliphatic rings. The molecule has 0 aliphatic carbocycles. The van der Waals surface area contributed by atoms with Gasteiger partial charge in [0.1, 0.15) is 12.2 Å². The van der Waals surface area contributed by atoms with Gasteiger partial charge in [-0.3, -0.25) is 0 Å². The summed E-state index contributed by atoms with van der Waals surface area (Å²) >= 11 is 4.75. The van der Waals surface area contributed by atoms with Crippen molar-refractivity contribution in [2.45, 2.75) is 24.0 Å². The van der Waals surface area contributed by atoms with Crippen LogP contribution in [-0.4, -0.2) is 57.7 Å². The molecule has 6 nitrogen and oxygen atoms in total. The van der Waals surface area contributed by atoms with Crippen LogP contribution in [0.3, 0.4) is 0 Å². The number of nitrogens with one attached hydrogen (secondary N) is 1. The molecule has 4 unspecified atom stereocenters. The lowest BCUT2D eigenvalue weighted by Gasteiger charge is -2.39. The summed E-state index contributed by atoms with van der Waals surface area (Å²) in [6.45, 7) is -0.460. The molecule has 0 amide bonds. The molecule has 2 heterocycles. The molecule has 2 saturated heterocycles. The van der Waals surface area contributed by atoms with Crippen LogP contribution in [0.15, 0.2) is 0 Å². The van der Waals surface area contributed by atoms with E-state index in [2.05, 4.69) is 5.32 Å². The number of fused-ring (bicyclic) bond motifs is 1. The quantitative estimate of drug-likeness (QED) is 0.370. The minimum absolute atomic E-state index is 0.0530. The van der Waals surface area contributed by atoms with E-state index in [1.165, 1.54) is 0 Å². The van der Waals surface area contributed by atoms with E-state index < -0.39 is 24.0 Å². The van der Waals surface area contributed by atoms with E-state index in [4.69, 9.17) is 26.8 Å². The molecule has 0 spiro atoms. The van der Waals surface area contributed by atoms with E-state index in [0.717, 1.165) is 0 Å². The van der Waals surface area contributed by atoms with Gasteiger partial charge in [0, 0.05) is 0 Å². The fourth-order valence-corrected chi connectivity index (χ4v) is 1.93. The minimum Gasteiger partial charge on any atom is -0.460 e. The van der Waals surface area contributed by atoms with Crippen molar-refractivity contribution in [1.29, 1.82) is 0 Å². The SMILES string of the molecule is OCC12NC(=S)OC1C(O)C(O)CO2. The minimum atomic E-state index is -1.21. The lowest BCUT2D eigenvalue weighted by molar-refractivity contribution is -0.229. The molecule has 0 aromatic carbocycles. The number of thiocarbonyl (C=S) groups is 1. The lowest BCUT2D eigenvalue weighted by Crippen LogP contribution is -2.64. The third-order valence-corrected chi connectivity index (χ3v) is 2.66. The maximum atomic E-state index is 9.60. The first-order chi connectivity index (χ1) is 6.59. The molecule has 4 atom stereocenters. The van der Waals surface area contributed by atoms with E-state index >= 15 is 0 Å². The molecule has 2 fully saturated rings. The average molecular weight is 221 g/mol. The van der Waals surface area contributed by atoms with Crippen molar-refractivity contribution in [2.24, 2.45) is 0 Å². The number of ether oxygens (including phenoxy) is 2. The Hall–Kier alpha value is -0.470. The average Bonchev–Trinajstić information content (AvgIpc) is 2.51. The summed E-state index contributed by atoms with van der Waals surface area (Å²) < 4.78 is 10.3. The Kier molecular flexibility index (Phi) is 2.36. The smallest absolute Gasteiger partial charge is 0.259 e. The Labute approximate surface area is 85.4 Å². The van der Waals surface area contributed by atoms with Crippen molar-refractivity contribution in [3.05, 3.63) is 0 Å². The maximum Gasteiger partial charge on any atom is 0.259 e. The third kappa shape index (κ3) is 1.29. The molecular formula is C7H11NO5S. The zero-order chi connectivity index (χ0) is 10.3. The van der Waals surface area contributed by atoms with Gasteiger partial charge in [0.2, 0.25) is 5.72 Å². The summed E-state index contributed by atoms with van der Waals surface area (Å²) in [5.41, 5.74) is -1.21. The van der Waals surface area contributed by atoms with Gasteiger partial charge >= 0.3 is 0 Å². The monoisotopic (exact) mass is 221 g/mol. The van der Waals surface area contributed by atoms with Gasteiger partial charge < -0.3 is 30.1 Å². The van der Waals surface area contributed by atoms with E-state index in [0.29, 0.717) is 0 Å². The predicted molar refractivity (Wildman–Crippen MR) is 48.4 cm³/mol. The van der Waals surface area contributed by atoms with Crippen LogP contribution in [0.1, 0.15) is 0 Å². The molecule has 2 aliphatic heterocycles. The van der Waals surface area contributed by atoms with Crippen molar-refractivity contribution >= 4 is 17.4 Å². The predicted octanol–water partition coefficient (Wildman–Crippen LogP) is -2.30. The standard InChI is InChI=1S/C7H11NO5S/c9-2-7-5(13-6(14)8-7)4(11)3(10)1-12-7/h3-5,9-11H,1-2H2,(H,8,14).